The third-order valence-corrected chi connectivity index (χ3v) is 2.40. The Labute approximate surface area is 118 Å². The summed E-state index contributed by atoms with van der Waals surface area (Å²) >= 11 is 0. The number of β-lactam (4-membered cyclic amide) rings is 1. The van der Waals surface area contributed by atoms with Crippen molar-refractivity contribution in [3.63, 3.8) is 0 Å². The lowest BCUT2D eigenvalue weighted by molar-refractivity contribution is -0.166. The molecule has 2 unspecified atom stereocenters. The number of amides is 1. The Balaban J connectivity index is 0.000000304. The maximum atomic E-state index is 11.0. The fourth-order valence-electron chi connectivity index (χ4n) is 1.13. The molecule has 2 atom stereocenters. The Morgan fingerprint density at radius 2 is 1.62 bits per heavy atom. The first-order valence-electron chi connectivity index (χ1n) is 5.85. The van der Waals surface area contributed by atoms with E-state index in [0.29, 0.717) is 13.2 Å². The minimum atomic E-state index is -0.104. The van der Waals surface area contributed by atoms with Gasteiger partial charge in [0, 0.05) is 0 Å². The van der Waals surface area contributed by atoms with E-state index in [4.69, 9.17) is 0 Å². The van der Waals surface area contributed by atoms with E-state index in [-0.39, 0.29) is 23.7 Å². The maximum Gasteiger partial charge on any atom is 0.312 e. The molecule has 21 heavy (non-hydrogen) atoms. The molecule has 2 fully saturated rings. The van der Waals surface area contributed by atoms with Gasteiger partial charge in [-0.3, -0.25) is 9.59 Å². The first kappa shape index (κ1) is 16.2. The Kier molecular flexibility index (Phi) is 6.43. The molecule has 0 spiro atoms. The second-order valence-corrected chi connectivity index (χ2v) is 4.09. The zero-order chi connectivity index (χ0) is 15.7. The molecule has 2 saturated heterocycles. The van der Waals surface area contributed by atoms with Crippen molar-refractivity contribution in [2.24, 2.45) is 59.5 Å². The lowest BCUT2D eigenvalue weighted by atomic mass is 10.1. The van der Waals surface area contributed by atoms with Gasteiger partial charge in [0.1, 0.15) is 6.61 Å². The van der Waals surface area contributed by atoms with E-state index in [1.54, 1.807) is 6.92 Å². The van der Waals surface area contributed by atoms with Crippen LogP contribution in [-0.2, 0) is 14.3 Å². The predicted octanol–water partition coefficient (Wildman–Crippen LogP) is 0.987. The molecule has 13 heteroatoms. The van der Waals surface area contributed by atoms with E-state index >= 15 is 0 Å². The van der Waals surface area contributed by atoms with Gasteiger partial charge in [-0.1, -0.05) is 12.1 Å². The summed E-state index contributed by atoms with van der Waals surface area (Å²) in [6.07, 6.45) is 0. The van der Waals surface area contributed by atoms with Crippen LogP contribution < -0.4 is 5.84 Å². The second kappa shape index (κ2) is 8.34. The number of hydrogen-bond acceptors (Lipinski definition) is 5. The van der Waals surface area contributed by atoms with Crippen molar-refractivity contribution in [3.8, 4) is 0 Å². The monoisotopic (exact) mass is 298 g/mol. The molecule has 0 aliphatic carbocycles. The van der Waals surface area contributed by atoms with Crippen molar-refractivity contribution in [2.45, 2.75) is 13.8 Å². The molecule has 1 amide bonds. The van der Waals surface area contributed by atoms with Crippen LogP contribution in [0.25, 0.3) is 0 Å². The second-order valence-electron chi connectivity index (χ2n) is 4.09. The highest BCUT2D eigenvalue weighted by Gasteiger charge is 2.33. The molecule has 13 nitrogen and oxygen atoms in total. The summed E-state index contributed by atoms with van der Waals surface area (Å²) in [5.41, 5.74) is 0. The van der Waals surface area contributed by atoms with Crippen molar-refractivity contribution in [1.29, 1.82) is 0 Å². The smallest absolute Gasteiger partial charge is 0.312 e. The highest BCUT2D eigenvalue weighted by Crippen LogP contribution is 2.16. The van der Waals surface area contributed by atoms with Crippen LogP contribution in [0.2, 0.25) is 0 Å². The van der Waals surface area contributed by atoms with Gasteiger partial charge in [-0.15, -0.1) is 0 Å². The zero-order valence-electron chi connectivity index (χ0n) is 11.4. The van der Waals surface area contributed by atoms with Crippen LogP contribution in [0.4, 0.5) is 0 Å². The van der Waals surface area contributed by atoms with E-state index < -0.39 is 0 Å². The summed E-state index contributed by atoms with van der Waals surface area (Å²) in [5, 5.41) is 25.7. The number of carbonyl (C=O) groups excluding carboxylic acids is 2. The number of cyclic esters (lactones) is 1. The normalized spacial score (nSPS) is 25.1. The van der Waals surface area contributed by atoms with Crippen LogP contribution in [0, 0.1) is 11.8 Å². The van der Waals surface area contributed by atoms with Crippen molar-refractivity contribution >= 4 is 11.9 Å². The van der Waals surface area contributed by atoms with Crippen molar-refractivity contribution in [3.05, 3.63) is 0 Å². The molecular weight excluding hydrogens is 284 g/mol. The number of nitrogens with two attached hydrogens (primary N) is 1. The molecule has 0 aromatic heterocycles. The van der Waals surface area contributed by atoms with Gasteiger partial charge in [-0.05, 0) is 43.5 Å². The summed E-state index contributed by atoms with van der Waals surface area (Å²) in [4.78, 5) is 21.0. The number of carbonyl (C=O) groups is 2. The molecule has 0 saturated carbocycles. The molecule has 0 aromatic carbocycles. The van der Waals surface area contributed by atoms with Gasteiger partial charge in [-0.25, -0.2) is 5.01 Å². The maximum absolute atomic E-state index is 11.0. The number of hydrogen-bond donors (Lipinski definition) is 1. The van der Waals surface area contributed by atoms with E-state index in [1.807, 2.05) is 6.92 Å². The largest absolute Gasteiger partial charge is 0.464 e. The minimum absolute atomic E-state index is 0.00876. The molecule has 2 aliphatic heterocycles. The zero-order valence-corrected chi connectivity index (χ0v) is 11.4. The summed E-state index contributed by atoms with van der Waals surface area (Å²) in [6, 6.07) is 0. The Morgan fingerprint density at radius 1 is 1.05 bits per heavy atom. The van der Waals surface area contributed by atoms with Crippen LogP contribution in [0.15, 0.2) is 41.8 Å². The van der Waals surface area contributed by atoms with Gasteiger partial charge >= 0.3 is 5.97 Å². The SMILES string of the molecule is CC1CN(/N=N/N=N/N=N/N=N/N)C1=O.CC1COC1=O. The van der Waals surface area contributed by atoms with Crippen LogP contribution in [0.1, 0.15) is 13.8 Å². The molecule has 2 heterocycles. The van der Waals surface area contributed by atoms with Gasteiger partial charge in [0.25, 0.3) is 0 Å². The third-order valence-electron chi connectivity index (χ3n) is 2.40. The topological polar surface area (TPSA) is 172 Å². The van der Waals surface area contributed by atoms with E-state index in [1.165, 1.54) is 5.01 Å². The van der Waals surface area contributed by atoms with Gasteiger partial charge in [-0.2, -0.15) is 0 Å². The Hall–Kier alpha value is -2.86. The predicted molar refractivity (Wildman–Crippen MR) is 64.6 cm³/mol. The molecule has 2 aliphatic rings. The summed E-state index contributed by atoms with van der Waals surface area (Å²) in [7, 11) is 0. The highest BCUT2D eigenvalue weighted by atomic mass is 16.6. The van der Waals surface area contributed by atoms with E-state index in [9.17, 15) is 9.59 Å². The van der Waals surface area contributed by atoms with Crippen molar-refractivity contribution in [2.75, 3.05) is 13.2 Å². The first-order chi connectivity index (χ1) is 10.1. The number of esters is 1. The average Bonchev–Trinajstić information content (AvgIpc) is 2.51. The molecule has 2 N–H and O–H groups in total. The van der Waals surface area contributed by atoms with Gasteiger partial charge in [0.15, 0.2) is 0 Å². The number of nitrogens with zero attached hydrogens (tertiary/aromatic N) is 9. The number of ether oxygens (including phenoxy) is 1. The van der Waals surface area contributed by atoms with Gasteiger partial charge < -0.3 is 10.6 Å². The van der Waals surface area contributed by atoms with Crippen molar-refractivity contribution in [1.82, 2.24) is 5.01 Å². The van der Waals surface area contributed by atoms with E-state index in [2.05, 4.69) is 52.4 Å². The standard InChI is InChI=1S/C4H8N10O.C4H6O2/c1-3-2-14(4(3)15)13-12-11-10-9-8-7-6-5;1-3-2-6-4(3)5/h3H,2H2,1H3,(H2,5,7,9,11,13);3H,2H2,1H3. The molecule has 0 aromatic rings. The average molecular weight is 298 g/mol. The fraction of sp³-hybridized carbons (Fsp3) is 0.750. The Morgan fingerprint density at radius 3 is 2.00 bits per heavy atom. The lowest BCUT2D eigenvalue weighted by Gasteiger charge is -2.29. The summed E-state index contributed by atoms with van der Waals surface area (Å²) < 4.78 is 4.40. The molecule has 0 radical (unpaired) electrons. The van der Waals surface area contributed by atoms with Gasteiger partial charge in [0.2, 0.25) is 5.91 Å². The van der Waals surface area contributed by atoms with Crippen molar-refractivity contribution < 1.29 is 14.3 Å². The summed E-state index contributed by atoms with van der Waals surface area (Å²) in [6.45, 7) is 4.80. The van der Waals surface area contributed by atoms with Gasteiger partial charge in [0.05, 0.1) is 18.4 Å². The van der Waals surface area contributed by atoms with E-state index in [0.717, 1.165) is 0 Å². The van der Waals surface area contributed by atoms with Crippen LogP contribution in [0.3, 0.4) is 0 Å². The third kappa shape index (κ3) is 5.33. The molecule has 2 rings (SSSR count). The van der Waals surface area contributed by atoms with Crippen LogP contribution >= 0.6 is 0 Å². The number of rotatable bonds is 4. The highest BCUT2D eigenvalue weighted by molar-refractivity contribution is 5.83. The van der Waals surface area contributed by atoms with Crippen LogP contribution in [0.5, 0.6) is 0 Å². The minimum Gasteiger partial charge on any atom is -0.464 e. The molecule has 0 bridgehead atoms. The lowest BCUT2D eigenvalue weighted by Crippen LogP contribution is -2.47. The summed E-state index contributed by atoms with van der Waals surface area (Å²) in [5.74, 6) is 4.61. The Bertz CT molecular complexity index is 487. The molecule has 114 valence electrons. The fourth-order valence-corrected chi connectivity index (χ4v) is 1.13. The van der Waals surface area contributed by atoms with Crippen LogP contribution in [-0.4, -0.2) is 30.0 Å². The molecular formula is C8H14N10O3. The quantitative estimate of drug-likeness (QED) is 0.268. The first-order valence-corrected chi connectivity index (χ1v) is 5.85.